The molecule has 2 heterocycles. The van der Waals surface area contributed by atoms with Gasteiger partial charge in [-0.2, -0.15) is 4.98 Å². The van der Waals surface area contributed by atoms with E-state index in [2.05, 4.69) is 10.3 Å². The number of anilines is 2. The van der Waals surface area contributed by atoms with E-state index in [9.17, 15) is 13.6 Å². The standard InChI is InChI=1S/C24H21F2N3O3/c1-14-4-6-17(21-7-5-15(2)32-21)10-20(14)27-24-28-23(30)22(31-3)13-29(24)12-16-8-18(25)11-19(26)9-16/h4-11,13H,12H2,1-3H3,(H,27,28,30). The molecule has 164 valence electrons. The molecule has 0 amide bonds. The van der Waals surface area contributed by atoms with Gasteiger partial charge in [-0.15, -0.1) is 0 Å². The summed E-state index contributed by atoms with van der Waals surface area (Å²) < 4.78 is 39.7. The number of nitrogens with one attached hydrogen (secondary N) is 1. The van der Waals surface area contributed by atoms with Crippen molar-refractivity contribution >= 4 is 11.6 Å². The number of furan rings is 1. The first kappa shape index (κ1) is 21.3. The van der Waals surface area contributed by atoms with Crippen LogP contribution in [0.2, 0.25) is 0 Å². The highest BCUT2D eigenvalue weighted by atomic mass is 19.1. The van der Waals surface area contributed by atoms with Crippen molar-refractivity contribution in [3.63, 3.8) is 0 Å². The number of aromatic nitrogens is 2. The zero-order valence-corrected chi connectivity index (χ0v) is 17.8. The SMILES string of the molecule is COc1cn(Cc2cc(F)cc(F)c2)c(Nc2cc(-c3ccc(C)o3)ccc2C)nc1=O. The number of nitrogens with zero attached hydrogens (tertiary/aromatic N) is 2. The Hall–Kier alpha value is -3.94. The van der Waals surface area contributed by atoms with Crippen molar-refractivity contribution < 1.29 is 17.9 Å². The Morgan fingerprint density at radius 3 is 2.47 bits per heavy atom. The van der Waals surface area contributed by atoms with E-state index < -0.39 is 17.2 Å². The van der Waals surface area contributed by atoms with Crippen LogP contribution >= 0.6 is 0 Å². The Kier molecular flexibility index (Phi) is 5.77. The van der Waals surface area contributed by atoms with Crippen molar-refractivity contribution in [1.82, 2.24) is 9.55 Å². The Morgan fingerprint density at radius 2 is 1.81 bits per heavy atom. The second-order valence-electron chi connectivity index (χ2n) is 7.41. The molecule has 2 aromatic carbocycles. The summed E-state index contributed by atoms with van der Waals surface area (Å²) in [7, 11) is 1.36. The number of benzene rings is 2. The van der Waals surface area contributed by atoms with Crippen LogP contribution in [0.3, 0.4) is 0 Å². The quantitative estimate of drug-likeness (QED) is 0.449. The first-order valence-corrected chi connectivity index (χ1v) is 9.87. The van der Waals surface area contributed by atoms with Crippen LogP contribution < -0.4 is 15.6 Å². The number of ether oxygens (including phenoxy) is 1. The monoisotopic (exact) mass is 437 g/mol. The average molecular weight is 437 g/mol. The molecule has 0 radical (unpaired) electrons. The summed E-state index contributed by atoms with van der Waals surface area (Å²) in [5.41, 5.74) is 2.26. The van der Waals surface area contributed by atoms with E-state index in [1.165, 1.54) is 25.4 Å². The minimum Gasteiger partial charge on any atom is -0.490 e. The van der Waals surface area contributed by atoms with Gasteiger partial charge < -0.3 is 19.0 Å². The summed E-state index contributed by atoms with van der Waals surface area (Å²) in [6, 6.07) is 12.7. The highest BCUT2D eigenvalue weighted by molar-refractivity contribution is 5.69. The fourth-order valence-electron chi connectivity index (χ4n) is 3.35. The molecule has 0 unspecified atom stereocenters. The largest absolute Gasteiger partial charge is 0.490 e. The molecule has 0 aliphatic carbocycles. The van der Waals surface area contributed by atoms with Crippen LogP contribution in [0.1, 0.15) is 16.9 Å². The second-order valence-corrected chi connectivity index (χ2v) is 7.41. The highest BCUT2D eigenvalue weighted by Crippen LogP contribution is 2.29. The molecule has 0 saturated heterocycles. The molecule has 0 aliphatic heterocycles. The number of rotatable bonds is 6. The van der Waals surface area contributed by atoms with E-state index in [1.54, 1.807) is 4.57 Å². The van der Waals surface area contributed by atoms with Crippen LogP contribution in [0.25, 0.3) is 11.3 Å². The molecule has 0 bridgehead atoms. The molecule has 6 nitrogen and oxygen atoms in total. The first-order valence-electron chi connectivity index (χ1n) is 9.87. The third-order valence-corrected chi connectivity index (χ3v) is 4.97. The summed E-state index contributed by atoms with van der Waals surface area (Å²) >= 11 is 0. The fourth-order valence-corrected chi connectivity index (χ4v) is 3.35. The van der Waals surface area contributed by atoms with Gasteiger partial charge in [0.1, 0.15) is 23.2 Å². The summed E-state index contributed by atoms with van der Waals surface area (Å²) in [4.78, 5) is 16.4. The predicted molar refractivity (Wildman–Crippen MR) is 117 cm³/mol. The molecule has 0 saturated carbocycles. The maximum absolute atomic E-state index is 13.7. The molecule has 32 heavy (non-hydrogen) atoms. The van der Waals surface area contributed by atoms with Crippen molar-refractivity contribution in [2.75, 3.05) is 12.4 Å². The molecular weight excluding hydrogens is 416 g/mol. The van der Waals surface area contributed by atoms with Gasteiger partial charge >= 0.3 is 5.56 Å². The van der Waals surface area contributed by atoms with Gasteiger partial charge in [0.2, 0.25) is 11.7 Å². The van der Waals surface area contributed by atoms with Crippen LogP contribution in [0.4, 0.5) is 20.4 Å². The zero-order valence-electron chi connectivity index (χ0n) is 17.8. The van der Waals surface area contributed by atoms with E-state index in [0.29, 0.717) is 17.0 Å². The molecule has 2 aromatic heterocycles. The van der Waals surface area contributed by atoms with Crippen molar-refractivity contribution in [2.24, 2.45) is 0 Å². The maximum atomic E-state index is 13.7. The summed E-state index contributed by atoms with van der Waals surface area (Å²) in [5.74, 6) is 0.352. The summed E-state index contributed by atoms with van der Waals surface area (Å²) in [6.07, 6.45) is 1.45. The Morgan fingerprint density at radius 1 is 1.06 bits per heavy atom. The lowest BCUT2D eigenvalue weighted by atomic mass is 10.1. The minimum atomic E-state index is -0.687. The molecular formula is C24H21F2N3O3. The lowest BCUT2D eigenvalue weighted by Gasteiger charge is -2.17. The van der Waals surface area contributed by atoms with Gasteiger partial charge in [0.05, 0.1) is 19.9 Å². The maximum Gasteiger partial charge on any atom is 0.316 e. The van der Waals surface area contributed by atoms with Crippen molar-refractivity contribution in [3.8, 4) is 17.1 Å². The Bertz CT molecular complexity index is 1320. The third kappa shape index (κ3) is 4.54. The van der Waals surface area contributed by atoms with E-state index >= 15 is 0 Å². The predicted octanol–water partition coefficient (Wildman–Crippen LogP) is 5.20. The lowest BCUT2D eigenvalue weighted by molar-refractivity contribution is 0.402. The lowest BCUT2D eigenvalue weighted by Crippen LogP contribution is -2.19. The molecule has 0 spiro atoms. The zero-order chi connectivity index (χ0) is 22.8. The molecule has 1 N–H and O–H groups in total. The van der Waals surface area contributed by atoms with Crippen LogP contribution in [-0.2, 0) is 6.54 Å². The van der Waals surface area contributed by atoms with Gasteiger partial charge in [-0.1, -0.05) is 12.1 Å². The van der Waals surface area contributed by atoms with Gasteiger partial charge in [-0.25, -0.2) is 8.78 Å². The summed E-state index contributed by atoms with van der Waals surface area (Å²) in [5, 5.41) is 3.17. The van der Waals surface area contributed by atoms with Gasteiger partial charge in [-0.05, 0) is 55.3 Å². The molecule has 0 fully saturated rings. The third-order valence-electron chi connectivity index (χ3n) is 4.97. The van der Waals surface area contributed by atoms with E-state index in [1.807, 2.05) is 44.2 Å². The van der Waals surface area contributed by atoms with E-state index in [-0.39, 0.29) is 18.2 Å². The number of aryl methyl sites for hydroxylation is 2. The first-order chi connectivity index (χ1) is 15.3. The molecule has 0 atom stereocenters. The average Bonchev–Trinajstić information content (AvgIpc) is 3.17. The van der Waals surface area contributed by atoms with Crippen LogP contribution in [-0.4, -0.2) is 16.7 Å². The smallest absolute Gasteiger partial charge is 0.316 e. The van der Waals surface area contributed by atoms with Gasteiger partial charge in [-0.3, -0.25) is 4.79 Å². The number of halogens is 2. The van der Waals surface area contributed by atoms with E-state index in [4.69, 9.17) is 9.15 Å². The van der Waals surface area contributed by atoms with Crippen molar-refractivity contribution in [2.45, 2.75) is 20.4 Å². The van der Waals surface area contributed by atoms with Crippen LogP contribution in [0.15, 0.2) is 63.9 Å². The summed E-state index contributed by atoms with van der Waals surface area (Å²) in [6.45, 7) is 3.84. The van der Waals surface area contributed by atoms with Gasteiger partial charge in [0.25, 0.3) is 0 Å². The highest BCUT2D eigenvalue weighted by Gasteiger charge is 2.13. The number of hydrogen-bond acceptors (Lipinski definition) is 5. The van der Waals surface area contributed by atoms with E-state index in [0.717, 1.165) is 23.0 Å². The molecule has 4 rings (SSSR count). The Labute approximate surface area is 183 Å². The second kappa shape index (κ2) is 8.66. The van der Waals surface area contributed by atoms with Gasteiger partial charge in [0.15, 0.2) is 0 Å². The normalized spacial score (nSPS) is 10.9. The number of methoxy groups -OCH3 is 1. The molecule has 0 aliphatic rings. The molecule has 4 aromatic rings. The van der Waals surface area contributed by atoms with Crippen molar-refractivity contribution in [1.29, 1.82) is 0 Å². The van der Waals surface area contributed by atoms with Crippen molar-refractivity contribution in [3.05, 3.63) is 93.6 Å². The number of hydrogen-bond donors (Lipinski definition) is 1. The fraction of sp³-hybridized carbons (Fsp3) is 0.167. The topological polar surface area (TPSA) is 69.3 Å². The minimum absolute atomic E-state index is 0.0176. The van der Waals surface area contributed by atoms with Crippen LogP contribution in [0.5, 0.6) is 5.75 Å². The van der Waals surface area contributed by atoms with Crippen LogP contribution in [0, 0.1) is 25.5 Å². The van der Waals surface area contributed by atoms with Gasteiger partial charge in [0, 0.05) is 17.3 Å². The Balaban J connectivity index is 1.75. The molecule has 8 heteroatoms.